The molecule has 0 fully saturated rings. The van der Waals surface area contributed by atoms with E-state index in [9.17, 15) is 0 Å². The first-order chi connectivity index (χ1) is 31.7. The standard InChI is InChI=1S/C56H36N8/c1-3-15-41(16-4-1)63-49-23-9-7-19-45(49)59-55(63)39-29-25-37(26-30-39)43-33-34-44(52-51(43)61-53(47-21-11-13-35-57-47)54(62-52)48-22-12-14-36-58-48)38-27-31-40(32-28-38)56-60-46-20-8-10-24-50(46)64(56)42-17-5-2-6-18-42/h1-36H/p+1. The maximum absolute atomic E-state index is 5.49. The molecule has 0 saturated heterocycles. The van der Waals surface area contributed by atoms with Gasteiger partial charge in [0.1, 0.15) is 22.9 Å². The van der Waals surface area contributed by atoms with Gasteiger partial charge in [-0.3, -0.25) is 14.5 Å². The molecule has 0 unspecified atom stereocenters. The number of hydrogen-bond donors (Lipinski definition) is 1. The lowest BCUT2D eigenvalue weighted by molar-refractivity contribution is -0.554. The number of pyridine rings is 2. The average molecular weight is 822 g/mol. The summed E-state index contributed by atoms with van der Waals surface area (Å²) in [6, 6.07) is 70.9. The first kappa shape index (κ1) is 36.9. The molecule has 5 heterocycles. The van der Waals surface area contributed by atoms with E-state index >= 15 is 0 Å². The molecule has 8 nitrogen and oxygen atoms in total. The second kappa shape index (κ2) is 15.5. The molecule has 7 aromatic carbocycles. The van der Waals surface area contributed by atoms with Gasteiger partial charge < -0.3 is 0 Å². The van der Waals surface area contributed by atoms with Crippen LogP contribution in [0.15, 0.2) is 219 Å². The van der Waals surface area contributed by atoms with E-state index in [0.717, 1.165) is 101 Å². The van der Waals surface area contributed by atoms with Crippen LogP contribution >= 0.6 is 0 Å². The first-order valence-electron chi connectivity index (χ1n) is 21.3. The number of imidazole rings is 2. The lowest BCUT2D eigenvalue weighted by Crippen LogP contribution is -2.31. The Bertz CT molecular complexity index is 3380. The molecule has 1 N–H and O–H groups in total. The number of rotatable bonds is 8. The van der Waals surface area contributed by atoms with E-state index in [1.807, 2.05) is 54.6 Å². The van der Waals surface area contributed by atoms with Crippen molar-refractivity contribution < 1.29 is 4.57 Å². The Morgan fingerprint density at radius 1 is 0.422 bits per heavy atom. The van der Waals surface area contributed by atoms with Crippen LogP contribution in [0, 0.1) is 0 Å². The van der Waals surface area contributed by atoms with Crippen molar-refractivity contribution >= 4 is 33.1 Å². The minimum atomic E-state index is 0.665. The normalized spacial score (nSPS) is 11.4. The zero-order valence-electron chi connectivity index (χ0n) is 34.4. The van der Waals surface area contributed by atoms with Crippen molar-refractivity contribution in [3.63, 3.8) is 0 Å². The van der Waals surface area contributed by atoms with Crippen molar-refractivity contribution in [2.45, 2.75) is 0 Å². The highest BCUT2D eigenvalue weighted by molar-refractivity contribution is 6.03. The molecule has 5 aromatic heterocycles. The number of H-pyrrole nitrogens is 1. The molecule has 0 aliphatic carbocycles. The van der Waals surface area contributed by atoms with E-state index in [-0.39, 0.29) is 0 Å². The van der Waals surface area contributed by atoms with Crippen LogP contribution in [0.2, 0.25) is 0 Å². The Morgan fingerprint density at radius 3 is 1.58 bits per heavy atom. The fourth-order valence-electron chi connectivity index (χ4n) is 8.75. The lowest BCUT2D eigenvalue weighted by Gasteiger charge is -2.15. The van der Waals surface area contributed by atoms with Gasteiger partial charge in [0.25, 0.3) is 5.82 Å². The van der Waals surface area contributed by atoms with Crippen LogP contribution < -0.4 is 4.57 Å². The topological polar surface area (TPSA) is 89.0 Å². The van der Waals surface area contributed by atoms with Crippen molar-refractivity contribution in [2.24, 2.45) is 0 Å². The zero-order chi connectivity index (χ0) is 42.4. The van der Waals surface area contributed by atoms with E-state index in [1.54, 1.807) is 12.4 Å². The van der Waals surface area contributed by atoms with Crippen molar-refractivity contribution in [1.29, 1.82) is 0 Å². The van der Waals surface area contributed by atoms with Gasteiger partial charge in [0.2, 0.25) is 0 Å². The van der Waals surface area contributed by atoms with Gasteiger partial charge in [0.05, 0.1) is 39.0 Å². The highest BCUT2D eigenvalue weighted by Crippen LogP contribution is 2.39. The molecule has 0 atom stereocenters. The van der Waals surface area contributed by atoms with Crippen LogP contribution in [0.25, 0.3) is 112 Å². The Balaban J connectivity index is 1.02. The van der Waals surface area contributed by atoms with Gasteiger partial charge in [0.15, 0.2) is 11.0 Å². The summed E-state index contributed by atoms with van der Waals surface area (Å²) in [6.07, 6.45) is 3.58. The number of aromatic amines is 1. The molecule has 12 rings (SSSR count). The number of fused-ring (bicyclic) bond motifs is 3. The van der Waals surface area contributed by atoms with E-state index in [4.69, 9.17) is 24.9 Å². The van der Waals surface area contributed by atoms with E-state index in [1.165, 1.54) is 0 Å². The largest absolute Gasteiger partial charge is 0.292 e. The third kappa shape index (κ3) is 6.40. The number of nitrogens with zero attached hydrogens (tertiary/aromatic N) is 7. The second-order valence-electron chi connectivity index (χ2n) is 15.6. The van der Waals surface area contributed by atoms with E-state index in [0.29, 0.717) is 11.4 Å². The Hall–Kier alpha value is -8.88. The summed E-state index contributed by atoms with van der Waals surface area (Å²) in [5, 5.41) is 0. The first-order valence-corrected chi connectivity index (χ1v) is 21.3. The summed E-state index contributed by atoms with van der Waals surface area (Å²) in [5.74, 6) is 1.88. The molecule has 0 bridgehead atoms. The molecule has 12 aromatic rings. The number of nitrogens with one attached hydrogen (secondary N) is 1. The lowest BCUT2D eigenvalue weighted by atomic mass is 9.95. The molecular formula is C56H37N8+. The summed E-state index contributed by atoms with van der Waals surface area (Å²) in [5.41, 5.74) is 16.6. The fraction of sp³-hybridized carbons (Fsp3) is 0. The smallest absolute Gasteiger partial charge is 0.292 e. The molecule has 64 heavy (non-hydrogen) atoms. The quantitative estimate of drug-likeness (QED) is 0.154. The minimum Gasteiger partial charge on any atom is -0.292 e. The van der Waals surface area contributed by atoms with Crippen molar-refractivity contribution in [1.82, 2.24) is 34.5 Å². The zero-order valence-corrected chi connectivity index (χ0v) is 34.4. The third-order valence-electron chi connectivity index (χ3n) is 11.8. The van der Waals surface area contributed by atoms with Crippen molar-refractivity contribution in [3.05, 3.63) is 219 Å². The number of benzene rings is 7. The average Bonchev–Trinajstić information content (AvgIpc) is 3.97. The molecule has 0 spiro atoms. The van der Waals surface area contributed by atoms with E-state index < -0.39 is 0 Å². The summed E-state index contributed by atoms with van der Waals surface area (Å²) < 4.78 is 4.50. The predicted molar refractivity (Wildman–Crippen MR) is 256 cm³/mol. The summed E-state index contributed by atoms with van der Waals surface area (Å²) in [4.78, 5) is 29.3. The van der Waals surface area contributed by atoms with Gasteiger partial charge in [-0.05, 0) is 96.1 Å². The fourth-order valence-corrected chi connectivity index (χ4v) is 8.75. The number of para-hydroxylation sites is 6. The molecular weight excluding hydrogens is 785 g/mol. The van der Waals surface area contributed by atoms with Crippen LogP contribution in [0.5, 0.6) is 0 Å². The molecule has 300 valence electrons. The molecule has 0 saturated carbocycles. The van der Waals surface area contributed by atoms with Gasteiger partial charge in [0, 0.05) is 34.8 Å². The maximum atomic E-state index is 5.49. The number of aromatic nitrogens is 8. The monoisotopic (exact) mass is 821 g/mol. The van der Waals surface area contributed by atoms with Crippen molar-refractivity contribution in [2.75, 3.05) is 0 Å². The Morgan fingerprint density at radius 2 is 0.953 bits per heavy atom. The van der Waals surface area contributed by atoms with Gasteiger partial charge in [-0.2, -0.15) is 4.57 Å². The second-order valence-corrected chi connectivity index (χ2v) is 15.6. The highest BCUT2D eigenvalue weighted by Gasteiger charge is 2.24. The van der Waals surface area contributed by atoms with Gasteiger partial charge in [-0.25, -0.2) is 19.9 Å². The molecule has 0 aliphatic rings. The highest BCUT2D eigenvalue weighted by atomic mass is 15.1. The SMILES string of the molecule is c1ccc(-n2c(-c3ccc(-c4ccc(-c5ccc(-c6[nH]c7ccccc7[n+]6-c6ccccc6)cc5)c5nc(-c6ccccn6)c(-c6ccccn6)nc45)cc3)nc3ccccc32)cc1. The third-order valence-corrected chi connectivity index (χ3v) is 11.8. The van der Waals surface area contributed by atoms with Crippen LogP contribution in [0.1, 0.15) is 0 Å². The van der Waals surface area contributed by atoms with Crippen molar-refractivity contribution in [3.8, 4) is 79.2 Å². The van der Waals surface area contributed by atoms with Gasteiger partial charge in [-0.1, -0.05) is 121 Å². The van der Waals surface area contributed by atoms with Gasteiger partial charge >= 0.3 is 0 Å². The maximum Gasteiger partial charge on any atom is 0.292 e. The molecule has 0 aliphatic heterocycles. The summed E-state index contributed by atoms with van der Waals surface area (Å²) in [6.45, 7) is 0. The minimum absolute atomic E-state index is 0.665. The molecule has 8 heteroatoms. The predicted octanol–water partition coefficient (Wildman–Crippen LogP) is 12.5. The van der Waals surface area contributed by atoms with Crippen LogP contribution in [-0.4, -0.2) is 34.5 Å². The molecule has 0 amide bonds. The molecule has 0 radical (unpaired) electrons. The van der Waals surface area contributed by atoms with E-state index in [2.05, 4.69) is 166 Å². The number of hydrogen-bond acceptors (Lipinski definition) is 5. The summed E-state index contributed by atoms with van der Waals surface area (Å²) in [7, 11) is 0. The summed E-state index contributed by atoms with van der Waals surface area (Å²) >= 11 is 0. The van der Waals surface area contributed by atoms with Crippen LogP contribution in [0.3, 0.4) is 0 Å². The Labute approximate surface area is 368 Å². The van der Waals surface area contributed by atoms with Gasteiger partial charge in [-0.15, -0.1) is 0 Å². The van der Waals surface area contributed by atoms with Crippen LogP contribution in [0.4, 0.5) is 0 Å². The van der Waals surface area contributed by atoms with Crippen LogP contribution in [-0.2, 0) is 0 Å². The Kier molecular flexibility index (Phi) is 8.97.